The highest BCUT2D eigenvalue weighted by Gasteiger charge is 2.32. The van der Waals surface area contributed by atoms with Crippen molar-refractivity contribution in [3.8, 4) is 17.2 Å². The molecule has 0 spiro atoms. The molecule has 1 unspecified atom stereocenters. The van der Waals surface area contributed by atoms with Crippen LogP contribution >= 0.6 is 0 Å². The molecule has 9 nitrogen and oxygen atoms in total. The topological polar surface area (TPSA) is 102 Å². The van der Waals surface area contributed by atoms with Crippen LogP contribution in [-0.4, -0.2) is 42.4 Å². The van der Waals surface area contributed by atoms with E-state index < -0.39 is 0 Å². The van der Waals surface area contributed by atoms with Crippen molar-refractivity contribution in [2.45, 2.75) is 25.3 Å². The molecule has 5 rings (SSSR count). The van der Waals surface area contributed by atoms with E-state index >= 15 is 0 Å². The predicted molar refractivity (Wildman–Crippen MR) is 113 cm³/mol. The Morgan fingerprint density at radius 1 is 1.06 bits per heavy atom. The molecule has 1 aromatic carbocycles. The van der Waals surface area contributed by atoms with Crippen LogP contribution in [0.2, 0.25) is 0 Å². The van der Waals surface area contributed by atoms with Gasteiger partial charge in [0.2, 0.25) is 11.7 Å². The molecular weight excluding hydrogens is 394 g/mol. The molecule has 156 valence electrons. The second-order valence-corrected chi connectivity index (χ2v) is 7.28. The average Bonchev–Trinajstić information content (AvgIpc) is 3.53. The van der Waals surface area contributed by atoms with E-state index in [0.29, 0.717) is 29.8 Å². The Labute approximate surface area is 178 Å². The Morgan fingerprint density at radius 3 is 2.81 bits per heavy atom. The third-order valence-electron chi connectivity index (χ3n) is 5.27. The summed E-state index contributed by atoms with van der Waals surface area (Å²) in [5, 5.41) is 11.3. The molecule has 4 aromatic rings. The van der Waals surface area contributed by atoms with Gasteiger partial charge in [-0.3, -0.25) is 0 Å². The van der Waals surface area contributed by atoms with Gasteiger partial charge in [-0.25, -0.2) is 14.5 Å². The molecule has 31 heavy (non-hydrogen) atoms. The van der Waals surface area contributed by atoms with Gasteiger partial charge in [-0.15, -0.1) is 0 Å². The summed E-state index contributed by atoms with van der Waals surface area (Å²) in [5.74, 6) is 1.53. The molecule has 0 saturated carbocycles. The second-order valence-electron chi connectivity index (χ2n) is 7.28. The zero-order valence-corrected chi connectivity index (χ0v) is 16.8. The van der Waals surface area contributed by atoms with Crippen molar-refractivity contribution in [2.75, 3.05) is 11.9 Å². The lowest BCUT2D eigenvalue weighted by Gasteiger charge is -2.33. The smallest absolute Gasteiger partial charge is 0.322 e. The monoisotopic (exact) mass is 415 g/mol. The first-order valence-corrected chi connectivity index (χ1v) is 10.2. The summed E-state index contributed by atoms with van der Waals surface area (Å²) < 4.78 is 7.18. The number of rotatable bonds is 4. The third-order valence-corrected chi connectivity index (χ3v) is 5.27. The molecule has 1 N–H and O–H groups in total. The van der Waals surface area contributed by atoms with E-state index in [9.17, 15) is 4.79 Å². The highest BCUT2D eigenvalue weighted by molar-refractivity contribution is 5.91. The summed E-state index contributed by atoms with van der Waals surface area (Å²) in [7, 11) is 0. The number of aromatic nitrogens is 5. The van der Waals surface area contributed by atoms with Gasteiger partial charge in [0, 0.05) is 30.7 Å². The first kappa shape index (κ1) is 19.0. The van der Waals surface area contributed by atoms with Crippen LogP contribution in [0.15, 0.2) is 71.6 Å². The quantitative estimate of drug-likeness (QED) is 0.539. The second kappa shape index (κ2) is 8.39. The van der Waals surface area contributed by atoms with Crippen LogP contribution < -0.4 is 5.32 Å². The number of anilines is 1. The fraction of sp³-hybridized carbons (Fsp3) is 0.227. The largest absolute Gasteiger partial charge is 0.337 e. The zero-order valence-electron chi connectivity index (χ0n) is 16.8. The summed E-state index contributed by atoms with van der Waals surface area (Å²) in [6, 6.07) is 14.5. The Morgan fingerprint density at radius 2 is 1.97 bits per heavy atom. The molecule has 9 heteroatoms. The van der Waals surface area contributed by atoms with Gasteiger partial charge >= 0.3 is 6.03 Å². The summed E-state index contributed by atoms with van der Waals surface area (Å²) in [6.45, 7) is 0.608. The lowest BCUT2D eigenvalue weighted by Crippen LogP contribution is -2.41. The lowest BCUT2D eigenvalue weighted by atomic mass is 10.0. The van der Waals surface area contributed by atoms with Crippen LogP contribution in [0.25, 0.3) is 17.2 Å². The number of nitrogens with zero attached hydrogens (tertiary/aromatic N) is 6. The van der Waals surface area contributed by atoms with E-state index in [1.54, 1.807) is 46.4 Å². The highest BCUT2D eigenvalue weighted by atomic mass is 16.5. The van der Waals surface area contributed by atoms with Crippen molar-refractivity contribution in [1.82, 2.24) is 29.8 Å². The maximum atomic E-state index is 13.2. The average molecular weight is 415 g/mol. The fourth-order valence-corrected chi connectivity index (χ4v) is 3.76. The maximum absolute atomic E-state index is 13.2. The van der Waals surface area contributed by atoms with Gasteiger partial charge in [0.1, 0.15) is 6.04 Å². The number of amides is 2. The number of pyridine rings is 1. The van der Waals surface area contributed by atoms with Crippen molar-refractivity contribution in [1.29, 1.82) is 0 Å². The minimum Gasteiger partial charge on any atom is -0.337 e. The molecule has 0 radical (unpaired) electrons. The molecule has 1 fully saturated rings. The molecule has 3 aromatic heterocycles. The number of likely N-dealkylation sites (tertiary alicyclic amines) is 1. The van der Waals surface area contributed by atoms with Gasteiger partial charge in [0.05, 0.1) is 5.69 Å². The van der Waals surface area contributed by atoms with Crippen LogP contribution in [0, 0.1) is 0 Å². The Kier molecular flexibility index (Phi) is 5.14. The van der Waals surface area contributed by atoms with Gasteiger partial charge in [-0.05, 0) is 37.5 Å². The summed E-state index contributed by atoms with van der Waals surface area (Å²) in [4.78, 5) is 23.9. The van der Waals surface area contributed by atoms with E-state index in [0.717, 1.165) is 24.8 Å². The normalized spacial score (nSPS) is 16.3. The first-order valence-electron chi connectivity index (χ1n) is 10.2. The van der Waals surface area contributed by atoms with Crippen molar-refractivity contribution in [3.63, 3.8) is 0 Å². The van der Waals surface area contributed by atoms with Crippen molar-refractivity contribution >= 4 is 11.7 Å². The van der Waals surface area contributed by atoms with Crippen LogP contribution in [0.1, 0.15) is 31.2 Å². The maximum Gasteiger partial charge on any atom is 0.322 e. The number of benzene rings is 1. The highest BCUT2D eigenvalue weighted by Crippen LogP contribution is 2.32. The van der Waals surface area contributed by atoms with Crippen molar-refractivity contribution < 1.29 is 9.32 Å². The van der Waals surface area contributed by atoms with Gasteiger partial charge < -0.3 is 14.7 Å². The molecule has 1 aliphatic heterocycles. The minimum atomic E-state index is -0.275. The van der Waals surface area contributed by atoms with E-state index in [1.165, 1.54) is 0 Å². The van der Waals surface area contributed by atoms with E-state index in [-0.39, 0.29) is 12.1 Å². The van der Waals surface area contributed by atoms with Gasteiger partial charge in [-0.2, -0.15) is 10.1 Å². The molecule has 1 atom stereocenters. The fourth-order valence-electron chi connectivity index (χ4n) is 3.76. The predicted octanol–water partition coefficient (Wildman–Crippen LogP) is 4.08. The van der Waals surface area contributed by atoms with Crippen molar-refractivity contribution in [2.24, 2.45) is 0 Å². The van der Waals surface area contributed by atoms with Crippen LogP contribution in [-0.2, 0) is 0 Å². The Balaban J connectivity index is 1.38. The molecule has 0 bridgehead atoms. The minimum absolute atomic E-state index is 0.231. The molecule has 1 aliphatic rings. The molecular formula is C22H21N7O2. The number of piperidine rings is 1. The van der Waals surface area contributed by atoms with Gasteiger partial charge in [0.25, 0.3) is 0 Å². The van der Waals surface area contributed by atoms with Gasteiger partial charge in [0.15, 0.2) is 5.82 Å². The molecule has 1 saturated heterocycles. The standard InChI is InChI=1S/C22H21N7O2/c30-22(25-17-10-6-12-23-20(17)29-15-7-13-24-29)28-14-5-4-11-18(28)21-26-19(27-31-21)16-8-2-1-3-9-16/h1-3,6-10,12-13,15,18H,4-5,11,14H2,(H,25,30). The summed E-state index contributed by atoms with van der Waals surface area (Å²) in [5.41, 5.74) is 1.46. The van der Waals surface area contributed by atoms with Gasteiger partial charge in [-0.1, -0.05) is 35.5 Å². The van der Waals surface area contributed by atoms with Crippen LogP contribution in [0.3, 0.4) is 0 Å². The van der Waals surface area contributed by atoms with Crippen LogP contribution in [0.4, 0.5) is 10.5 Å². The molecule has 4 heterocycles. The van der Waals surface area contributed by atoms with Crippen molar-refractivity contribution in [3.05, 3.63) is 73.0 Å². The van der Waals surface area contributed by atoms with E-state index in [1.807, 2.05) is 30.3 Å². The summed E-state index contributed by atoms with van der Waals surface area (Å²) in [6.07, 6.45) is 7.79. The molecule has 2 amide bonds. The Hall–Kier alpha value is -4.01. The third kappa shape index (κ3) is 3.89. The number of carbonyl (C=O) groups excluding carboxylic acids is 1. The number of nitrogens with one attached hydrogen (secondary N) is 1. The number of hydrogen-bond donors (Lipinski definition) is 1. The van der Waals surface area contributed by atoms with E-state index in [2.05, 4.69) is 25.5 Å². The first-order chi connectivity index (χ1) is 15.3. The number of hydrogen-bond acceptors (Lipinski definition) is 6. The zero-order chi connectivity index (χ0) is 21.0. The SMILES string of the molecule is O=C(Nc1cccnc1-n1cccn1)N1CCCCC1c1nc(-c2ccccc2)no1. The summed E-state index contributed by atoms with van der Waals surface area (Å²) >= 11 is 0. The van der Waals surface area contributed by atoms with E-state index in [4.69, 9.17) is 4.52 Å². The number of urea groups is 1. The lowest BCUT2D eigenvalue weighted by molar-refractivity contribution is 0.142. The Bertz CT molecular complexity index is 1160. The van der Waals surface area contributed by atoms with Crippen LogP contribution in [0.5, 0.6) is 0 Å². The molecule has 0 aliphatic carbocycles. The number of carbonyl (C=O) groups is 1.